The largest absolute Gasteiger partial charge is 0.416 e. The minimum absolute atomic E-state index is 0.129. The predicted octanol–water partition coefficient (Wildman–Crippen LogP) is 2.60. The van der Waals surface area contributed by atoms with Crippen LogP contribution in [0.2, 0.25) is 0 Å². The van der Waals surface area contributed by atoms with Crippen molar-refractivity contribution in [3.8, 4) is 0 Å². The summed E-state index contributed by atoms with van der Waals surface area (Å²) in [5, 5.41) is 9.36. The highest BCUT2D eigenvalue weighted by atomic mass is 19.4. The molecule has 0 aliphatic heterocycles. The Balaban J connectivity index is 2.98. The molecule has 1 atom stereocenters. The van der Waals surface area contributed by atoms with Gasteiger partial charge in [-0.15, -0.1) is 0 Å². The lowest BCUT2D eigenvalue weighted by Crippen LogP contribution is -2.35. The summed E-state index contributed by atoms with van der Waals surface area (Å²) < 4.78 is 37.7. The lowest BCUT2D eigenvalue weighted by atomic mass is 9.80. The monoisotopic (exact) mass is 261 g/mol. The summed E-state index contributed by atoms with van der Waals surface area (Å²) >= 11 is 0. The summed E-state index contributed by atoms with van der Waals surface area (Å²) in [7, 11) is 0. The van der Waals surface area contributed by atoms with E-state index in [1.165, 1.54) is 6.07 Å². The van der Waals surface area contributed by atoms with Gasteiger partial charge in [0.15, 0.2) is 0 Å². The topological polar surface area (TPSA) is 46.2 Å². The molecule has 0 spiro atoms. The Labute approximate surface area is 105 Å². The third-order valence-corrected chi connectivity index (χ3v) is 3.35. The van der Waals surface area contributed by atoms with Crippen LogP contribution >= 0.6 is 0 Å². The van der Waals surface area contributed by atoms with Crippen LogP contribution in [-0.4, -0.2) is 18.3 Å². The number of hydrogen-bond donors (Lipinski definition) is 2. The Morgan fingerprint density at radius 2 is 1.94 bits per heavy atom. The third kappa shape index (κ3) is 3.46. The number of rotatable bonds is 5. The maximum absolute atomic E-state index is 12.6. The minimum Gasteiger partial charge on any atom is -0.396 e. The first-order valence-electron chi connectivity index (χ1n) is 5.84. The molecule has 2 nitrogen and oxygen atoms in total. The van der Waals surface area contributed by atoms with Crippen molar-refractivity contribution >= 4 is 0 Å². The van der Waals surface area contributed by atoms with E-state index in [0.717, 1.165) is 12.1 Å². The van der Waals surface area contributed by atoms with E-state index < -0.39 is 17.2 Å². The van der Waals surface area contributed by atoms with Gasteiger partial charge < -0.3 is 10.8 Å². The molecule has 0 aliphatic rings. The summed E-state index contributed by atoms with van der Waals surface area (Å²) in [5.74, 6) is 0. The first kappa shape index (κ1) is 15.0. The van der Waals surface area contributed by atoms with Crippen molar-refractivity contribution < 1.29 is 18.3 Å². The zero-order chi connectivity index (χ0) is 13.8. The highest BCUT2D eigenvalue weighted by molar-refractivity contribution is 5.26. The van der Waals surface area contributed by atoms with Gasteiger partial charge in [-0.25, -0.2) is 0 Å². The first-order chi connectivity index (χ1) is 8.37. The van der Waals surface area contributed by atoms with Gasteiger partial charge in [-0.05, 0) is 24.5 Å². The summed E-state index contributed by atoms with van der Waals surface area (Å²) in [4.78, 5) is 0. The Morgan fingerprint density at radius 3 is 2.39 bits per heavy atom. The van der Waals surface area contributed by atoms with Crippen molar-refractivity contribution in [1.82, 2.24) is 0 Å². The van der Waals surface area contributed by atoms with Gasteiger partial charge in [0.05, 0.1) is 12.2 Å². The van der Waals surface area contributed by atoms with Crippen molar-refractivity contribution in [3.63, 3.8) is 0 Å². The number of halogens is 3. The Kier molecular flexibility index (Phi) is 4.76. The molecule has 0 aromatic heterocycles. The van der Waals surface area contributed by atoms with Crippen LogP contribution in [-0.2, 0) is 12.6 Å². The molecule has 1 unspecified atom stereocenters. The SMILES string of the molecule is CCC(CN)(CO)Cc1cccc(C(F)(F)F)c1. The van der Waals surface area contributed by atoms with Gasteiger partial charge in [0.1, 0.15) is 0 Å². The van der Waals surface area contributed by atoms with Crippen LogP contribution in [0.1, 0.15) is 24.5 Å². The van der Waals surface area contributed by atoms with E-state index in [2.05, 4.69) is 0 Å². The smallest absolute Gasteiger partial charge is 0.396 e. The molecule has 18 heavy (non-hydrogen) atoms. The van der Waals surface area contributed by atoms with E-state index in [-0.39, 0.29) is 13.2 Å². The molecule has 0 aliphatic carbocycles. The normalized spacial score (nSPS) is 15.4. The summed E-state index contributed by atoms with van der Waals surface area (Å²) in [6.45, 7) is 1.99. The van der Waals surface area contributed by atoms with Gasteiger partial charge in [0.2, 0.25) is 0 Å². The van der Waals surface area contributed by atoms with Crippen LogP contribution in [0.25, 0.3) is 0 Å². The average molecular weight is 261 g/mol. The average Bonchev–Trinajstić information content (AvgIpc) is 2.35. The molecule has 1 aromatic rings. The Hall–Kier alpha value is -1.07. The molecule has 0 heterocycles. The number of nitrogens with two attached hydrogens (primary N) is 1. The van der Waals surface area contributed by atoms with E-state index in [4.69, 9.17) is 5.73 Å². The van der Waals surface area contributed by atoms with Crippen LogP contribution in [0, 0.1) is 5.41 Å². The molecule has 3 N–H and O–H groups in total. The molecule has 1 aromatic carbocycles. The zero-order valence-corrected chi connectivity index (χ0v) is 10.3. The van der Waals surface area contributed by atoms with Crippen LogP contribution in [0.3, 0.4) is 0 Å². The fraction of sp³-hybridized carbons (Fsp3) is 0.538. The van der Waals surface area contributed by atoms with E-state index in [1.54, 1.807) is 6.07 Å². The van der Waals surface area contributed by atoms with Crippen molar-refractivity contribution in [1.29, 1.82) is 0 Å². The zero-order valence-electron chi connectivity index (χ0n) is 10.3. The summed E-state index contributed by atoms with van der Waals surface area (Å²) in [5.41, 5.74) is 4.96. The van der Waals surface area contributed by atoms with Gasteiger partial charge in [-0.2, -0.15) is 13.2 Å². The number of aliphatic hydroxyl groups excluding tert-OH is 1. The van der Waals surface area contributed by atoms with Crippen LogP contribution in [0.5, 0.6) is 0 Å². The number of benzene rings is 1. The van der Waals surface area contributed by atoms with Gasteiger partial charge in [-0.3, -0.25) is 0 Å². The third-order valence-electron chi connectivity index (χ3n) is 3.35. The van der Waals surface area contributed by atoms with E-state index in [9.17, 15) is 18.3 Å². The summed E-state index contributed by atoms with van der Waals surface area (Å²) in [6, 6.07) is 5.17. The second-order valence-electron chi connectivity index (χ2n) is 4.59. The molecule has 0 saturated carbocycles. The van der Waals surface area contributed by atoms with E-state index in [1.807, 2.05) is 6.92 Å². The molecule has 0 fully saturated rings. The van der Waals surface area contributed by atoms with Gasteiger partial charge in [0, 0.05) is 12.0 Å². The van der Waals surface area contributed by atoms with Gasteiger partial charge in [-0.1, -0.05) is 25.1 Å². The highest BCUT2D eigenvalue weighted by Gasteiger charge is 2.31. The Bertz CT molecular complexity index is 378. The molecular formula is C13H18F3NO. The van der Waals surface area contributed by atoms with Gasteiger partial charge >= 0.3 is 6.18 Å². The summed E-state index contributed by atoms with van der Waals surface area (Å²) in [6.07, 6.45) is -3.37. The van der Waals surface area contributed by atoms with Crippen molar-refractivity contribution in [2.45, 2.75) is 25.9 Å². The van der Waals surface area contributed by atoms with Gasteiger partial charge in [0.25, 0.3) is 0 Å². The van der Waals surface area contributed by atoms with Crippen LogP contribution in [0.15, 0.2) is 24.3 Å². The van der Waals surface area contributed by atoms with E-state index in [0.29, 0.717) is 18.4 Å². The molecule has 0 saturated heterocycles. The quantitative estimate of drug-likeness (QED) is 0.855. The number of alkyl halides is 3. The van der Waals surface area contributed by atoms with Crippen LogP contribution < -0.4 is 5.73 Å². The molecule has 0 amide bonds. The molecular weight excluding hydrogens is 243 g/mol. The maximum atomic E-state index is 12.6. The fourth-order valence-corrected chi connectivity index (χ4v) is 1.86. The first-order valence-corrected chi connectivity index (χ1v) is 5.84. The highest BCUT2D eigenvalue weighted by Crippen LogP contribution is 2.32. The van der Waals surface area contributed by atoms with E-state index >= 15 is 0 Å². The predicted molar refractivity (Wildman–Crippen MR) is 64.0 cm³/mol. The number of hydrogen-bond acceptors (Lipinski definition) is 2. The van der Waals surface area contributed by atoms with Crippen molar-refractivity contribution in [3.05, 3.63) is 35.4 Å². The molecule has 0 radical (unpaired) electrons. The minimum atomic E-state index is -4.34. The Morgan fingerprint density at radius 1 is 1.28 bits per heavy atom. The second-order valence-corrected chi connectivity index (χ2v) is 4.59. The second kappa shape index (κ2) is 5.71. The molecule has 1 rings (SSSR count). The lowest BCUT2D eigenvalue weighted by molar-refractivity contribution is -0.137. The molecule has 102 valence electrons. The lowest BCUT2D eigenvalue weighted by Gasteiger charge is -2.29. The molecule has 5 heteroatoms. The molecule has 0 bridgehead atoms. The van der Waals surface area contributed by atoms with Crippen molar-refractivity contribution in [2.24, 2.45) is 11.1 Å². The maximum Gasteiger partial charge on any atom is 0.416 e. The van der Waals surface area contributed by atoms with Crippen LogP contribution in [0.4, 0.5) is 13.2 Å². The van der Waals surface area contributed by atoms with Crippen molar-refractivity contribution in [2.75, 3.05) is 13.2 Å². The number of aliphatic hydroxyl groups is 1. The standard InChI is InChI=1S/C13H18F3NO/c1-2-12(8-17,9-18)7-10-4-3-5-11(6-10)13(14,15)16/h3-6,18H,2,7-9,17H2,1H3. The fourth-order valence-electron chi connectivity index (χ4n) is 1.86.